The lowest BCUT2D eigenvalue weighted by molar-refractivity contribution is -0.000659. The number of hydrogen-bond acceptors (Lipinski definition) is 7. The monoisotopic (exact) mass is 406 g/mol. The van der Waals surface area contributed by atoms with Crippen molar-refractivity contribution >= 4 is 15.7 Å². The lowest BCUT2D eigenvalue weighted by Gasteiger charge is -2.36. The quantitative estimate of drug-likeness (QED) is 0.800. The van der Waals surface area contributed by atoms with Gasteiger partial charge in [0.15, 0.2) is 9.84 Å². The van der Waals surface area contributed by atoms with E-state index in [0.29, 0.717) is 37.1 Å². The second-order valence-corrected chi connectivity index (χ2v) is 11.7. The highest BCUT2D eigenvalue weighted by Gasteiger charge is 2.44. The molecule has 3 saturated heterocycles. The molecule has 0 amide bonds. The van der Waals surface area contributed by atoms with Crippen molar-refractivity contribution in [2.24, 2.45) is 11.8 Å². The Balaban J connectivity index is 1.18. The summed E-state index contributed by atoms with van der Waals surface area (Å²) < 4.78 is 23.3. The summed E-state index contributed by atoms with van der Waals surface area (Å²) in [7, 11) is -2.95. The van der Waals surface area contributed by atoms with E-state index in [1.165, 1.54) is 25.0 Å². The Morgan fingerprint density at radius 2 is 1.75 bits per heavy atom. The number of aromatic nitrogens is 2. The summed E-state index contributed by atoms with van der Waals surface area (Å²) in [6, 6.07) is 2.19. The minimum atomic E-state index is -2.95. The molecule has 4 fully saturated rings. The van der Waals surface area contributed by atoms with Gasteiger partial charge >= 0.3 is 0 Å². The van der Waals surface area contributed by atoms with Gasteiger partial charge in [0.1, 0.15) is 12.1 Å². The van der Waals surface area contributed by atoms with Crippen LogP contribution in [0.25, 0.3) is 0 Å². The molecule has 0 bridgehead atoms. The first-order chi connectivity index (χ1) is 13.4. The summed E-state index contributed by atoms with van der Waals surface area (Å²) in [5, 5.41) is 10.8. The van der Waals surface area contributed by atoms with Crippen molar-refractivity contribution in [3.63, 3.8) is 0 Å². The summed E-state index contributed by atoms with van der Waals surface area (Å²) in [6.07, 6.45) is 6.28. The van der Waals surface area contributed by atoms with Crippen molar-refractivity contribution in [2.75, 3.05) is 49.1 Å². The molecule has 1 N–H and O–H groups in total. The number of anilines is 1. The largest absolute Gasteiger partial charge is 0.388 e. The molecule has 2 unspecified atom stereocenters. The SMILES string of the molecule is O=S1(=O)CCC(O)(CN2CC3CN(c4cc(C5CCC5)ncn4)CC3C2)CC1. The highest BCUT2D eigenvalue weighted by Crippen LogP contribution is 2.38. The normalized spacial score (nSPS) is 32.2. The number of sulfone groups is 1. The molecule has 7 nitrogen and oxygen atoms in total. The van der Waals surface area contributed by atoms with Crippen LogP contribution in [-0.2, 0) is 9.84 Å². The topological polar surface area (TPSA) is 86.6 Å². The lowest BCUT2D eigenvalue weighted by atomic mass is 9.83. The van der Waals surface area contributed by atoms with Gasteiger partial charge in [-0.2, -0.15) is 0 Å². The van der Waals surface area contributed by atoms with E-state index in [4.69, 9.17) is 0 Å². The Kier molecular flexibility index (Phi) is 4.63. The maximum Gasteiger partial charge on any atom is 0.150 e. The molecule has 1 aliphatic carbocycles. The molecule has 154 valence electrons. The summed E-state index contributed by atoms with van der Waals surface area (Å²) in [5.41, 5.74) is 0.359. The average molecular weight is 407 g/mol. The second-order valence-electron chi connectivity index (χ2n) is 9.42. The van der Waals surface area contributed by atoms with Crippen LogP contribution in [-0.4, -0.2) is 78.2 Å². The van der Waals surface area contributed by atoms with Gasteiger partial charge in [-0.3, -0.25) is 4.90 Å². The molecule has 0 radical (unpaired) electrons. The summed E-state index contributed by atoms with van der Waals surface area (Å²) in [6.45, 7) is 4.59. The lowest BCUT2D eigenvalue weighted by Crippen LogP contribution is -2.48. The van der Waals surface area contributed by atoms with Gasteiger partial charge < -0.3 is 10.0 Å². The Hall–Kier alpha value is -1.25. The van der Waals surface area contributed by atoms with Crippen LogP contribution in [0.2, 0.25) is 0 Å². The number of hydrogen-bond donors (Lipinski definition) is 1. The van der Waals surface area contributed by atoms with Crippen LogP contribution in [0.3, 0.4) is 0 Å². The standard InChI is InChI=1S/C20H30N4O3S/c25-20(4-6-28(26,27)7-5-20)13-23-9-16-11-24(12-17(16)10-23)19-8-18(21-14-22-19)15-2-1-3-15/h8,14-17,25H,1-7,9-13H2. The number of fused-ring (bicyclic) bond motifs is 1. The van der Waals surface area contributed by atoms with Gasteiger partial charge in [-0.1, -0.05) is 6.42 Å². The first-order valence-corrected chi connectivity index (χ1v) is 12.4. The number of aliphatic hydroxyl groups is 1. The van der Waals surface area contributed by atoms with Gasteiger partial charge in [0.2, 0.25) is 0 Å². The van der Waals surface area contributed by atoms with Crippen molar-refractivity contribution in [2.45, 2.75) is 43.6 Å². The number of rotatable bonds is 4. The molecule has 0 spiro atoms. The van der Waals surface area contributed by atoms with Gasteiger partial charge in [-0.05, 0) is 37.5 Å². The summed E-state index contributed by atoms with van der Waals surface area (Å²) >= 11 is 0. The van der Waals surface area contributed by atoms with E-state index in [0.717, 1.165) is 32.0 Å². The molecule has 8 heteroatoms. The highest BCUT2D eigenvalue weighted by molar-refractivity contribution is 7.91. The molecular weight excluding hydrogens is 376 g/mol. The molecular formula is C20H30N4O3S. The third-order valence-electron chi connectivity index (χ3n) is 7.36. The van der Waals surface area contributed by atoms with Crippen LogP contribution in [0.1, 0.15) is 43.7 Å². The minimum Gasteiger partial charge on any atom is -0.388 e. The van der Waals surface area contributed by atoms with Gasteiger partial charge in [0, 0.05) is 50.4 Å². The van der Waals surface area contributed by atoms with Crippen LogP contribution < -0.4 is 4.90 Å². The fourth-order valence-electron chi connectivity index (χ4n) is 5.36. The van der Waals surface area contributed by atoms with Gasteiger partial charge in [-0.25, -0.2) is 18.4 Å². The molecule has 0 aromatic carbocycles. The van der Waals surface area contributed by atoms with Crippen molar-refractivity contribution in [3.8, 4) is 0 Å². The Morgan fingerprint density at radius 3 is 2.36 bits per heavy atom. The molecule has 5 rings (SSSR count). The zero-order valence-electron chi connectivity index (χ0n) is 16.3. The fraction of sp³-hybridized carbons (Fsp3) is 0.800. The molecule has 1 aromatic rings. The first-order valence-electron chi connectivity index (χ1n) is 10.6. The summed E-state index contributed by atoms with van der Waals surface area (Å²) in [5.74, 6) is 3.12. The van der Waals surface area contributed by atoms with E-state index in [-0.39, 0.29) is 11.5 Å². The van der Waals surface area contributed by atoms with E-state index in [9.17, 15) is 13.5 Å². The van der Waals surface area contributed by atoms with Gasteiger partial charge in [0.05, 0.1) is 17.1 Å². The van der Waals surface area contributed by atoms with E-state index >= 15 is 0 Å². The van der Waals surface area contributed by atoms with Crippen molar-refractivity contribution in [3.05, 3.63) is 18.1 Å². The maximum atomic E-state index is 11.7. The molecule has 1 aromatic heterocycles. The van der Waals surface area contributed by atoms with Crippen molar-refractivity contribution in [1.82, 2.24) is 14.9 Å². The van der Waals surface area contributed by atoms with E-state index in [2.05, 4.69) is 25.8 Å². The molecule has 4 heterocycles. The van der Waals surface area contributed by atoms with Gasteiger partial charge in [0.25, 0.3) is 0 Å². The van der Waals surface area contributed by atoms with Crippen LogP contribution in [0, 0.1) is 11.8 Å². The molecule has 4 aliphatic rings. The smallest absolute Gasteiger partial charge is 0.150 e. The zero-order valence-corrected chi connectivity index (χ0v) is 17.1. The van der Waals surface area contributed by atoms with Crippen LogP contribution in [0.5, 0.6) is 0 Å². The number of likely N-dealkylation sites (tertiary alicyclic amines) is 1. The third-order valence-corrected chi connectivity index (χ3v) is 9.01. The van der Waals surface area contributed by atoms with E-state index < -0.39 is 15.4 Å². The molecule has 28 heavy (non-hydrogen) atoms. The Labute approximate surface area is 167 Å². The second kappa shape index (κ2) is 6.92. The third kappa shape index (κ3) is 3.66. The Morgan fingerprint density at radius 1 is 1.07 bits per heavy atom. The van der Waals surface area contributed by atoms with Crippen LogP contribution >= 0.6 is 0 Å². The molecule has 2 atom stereocenters. The van der Waals surface area contributed by atoms with E-state index in [1.807, 2.05) is 0 Å². The fourth-order valence-corrected chi connectivity index (χ4v) is 6.95. The molecule has 3 aliphatic heterocycles. The summed E-state index contributed by atoms with van der Waals surface area (Å²) in [4.78, 5) is 13.8. The average Bonchev–Trinajstić information content (AvgIpc) is 3.15. The molecule has 1 saturated carbocycles. The predicted molar refractivity (Wildman–Crippen MR) is 107 cm³/mol. The highest BCUT2D eigenvalue weighted by atomic mass is 32.2. The minimum absolute atomic E-state index is 0.120. The van der Waals surface area contributed by atoms with Gasteiger partial charge in [-0.15, -0.1) is 0 Å². The van der Waals surface area contributed by atoms with Crippen molar-refractivity contribution < 1.29 is 13.5 Å². The van der Waals surface area contributed by atoms with Crippen LogP contribution in [0.15, 0.2) is 12.4 Å². The van der Waals surface area contributed by atoms with E-state index in [1.54, 1.807) is 6.33 Å². The predicted octanol–water partition coefficient (Wildman–Crippen LogP) is 1.05. The maximum absolute atomic E-state index is 11.7. The number of nitrogens with zero attached hydrogens (tertiary/aromatic N) is 4. The number of β-amino-alcohol motifs (C(OH)–C–C–N with tert-alkyl or cyclic N) is 1. The zero-order chi connectivity index (χ0) is 19.4. The van der Waals surface area contributed by atoms with Crippen molar-refractivity contribution in [1.29, 1.82) is 0 Å². The van der Waals surface area contributed by atoms with Crippen LogP contribution in [0.4, 0.5) is 5.82 Å². The Bertz CT molecular complexity index is 814. The first kappa shape index (κ1) is 18.8.